The van der Waals surface area contributed by atoms with Crippen LogP contribution in [-0.4, -0.2) is 4.92 Å². The molecule has 0 saturated carbocycles. The van der Waals surface area contributed by atoms with E-state index in [4.69, 9.17) is 10.5 Å². The Labute approximate surface area is 116 Å². The molecule has 0 radical (unpaired) electrons. The Morgan fingerprint density at radius 2 is 1.89 bits per heavy atom. The largest absolute Gasteiger partial charge is 0.452 e. The minimum Gasteiger partial charge on any atom is -0.452 e. The van der Waals surface area contributed by atoms with E-state index < -0.39 is 10.7 Å². The lowest BCUT2D eigenvalue weighted by Gasteiger charge is -2.09. The van der Waals surface area contributed by atoms with Crippen molar-refractivity contribution in [1.82, 2.24) is 0 Å². The fourth-order valence-corrected chi connectivity index (χ4v) is 1.75. The number of nitro groups is 1. The average Bonchev–Trinajstić information content (AvgIpc) is 2.34. The van der Waals surface area contributed by atoms with Crippen molar-refractivity contribution in [2.24, 2.45) is 0 Å². The van der Waals surface area contributed by atoms with Gasteiger partial charge in [0.1, 0.15) is 0 Å². The first-order valence-electron chi connectivity index (χ1n) is 5.14. The van der Waals surface area contributed by atoms with Crippen LogP contribution in [0.5, 0.6) is 11.5 Å². The molecular formula is C12H8BrFN2O3. The van der Waals surface area contributed by atoms with Crippen molar-refractivity contribution in [3.05, 3.63) is 56.8 Å². The van der Waals surface area contributed by atoms with Gasteiger partial charge in [0.2, 0.25) is 0 Å². The minimum absolute atomic E-state index is 0.0104. The standard InChI is InChI=1S/C12H8BrFN2O3/c13-7-1-3-11(9(14)5-7)19-12-4-2-8(16(17)18)6-10(12)15/h1-6H,15H2. The summed E-state index contributed by atoms with van der Waals surface area (Å²) in [5.41, 5.74) is 5.54. The molecule has 0 aliphatic heterocycles. The van der Waals surface area contributed by atoms with Gasteiger partial charge in [0.05, 0.1) is 10.6 Å². The Morgan fingerprint density at radius 3 is 2.47 bits per heavy atom. The maximum absolute atomic E-state index is 13.6. The molecule has 0 heterocycles. The topological polar surface area (TPSA) is 78.4 Å². The highest BCUT2D eigenvalue weighted by Crippen LogP contribution is 2.32. The molecule has 2 aromatic rings. The zero-order chi connectivity index (χ0) is 14.0. The van der Waals surface area contributed by atoms with Gasteiger partial charge < -0.3 is 10.5 Å². The molecule has 19 heavy (non-hydrogen) atoms. The second-order valence-corrected chi connectivity index (χ2v) is 4.57. The molecule has 7 heteroatoms. The van der Waals surface area contributed by atoms with Crippen LogP contribution in [0.4, 0.5) is 15.8 Å². The summed E-state index contributed by atoms with van der Waals surface area (Å²) in [5.74, 6) is -0.414. The number of ether oxygens (including phenoxy) is 1. The SMILES string of the molecule is Nc1cc([N+](=O)[O-])ccc1Oc1ccc(Br)cc1F. The predicted molar refractivity (Wildman–Crippen MR) is 71.7 cm³/mol. The van der Waals surface area contributed by atoms with Gasteiger partial charge in [0, 0.05) is 16.6 Å². The Morgan fingerprint density at radius 1 is 1.21 bits per heavy atom. The number of non-ortho nitro benzene ring substituents is 1. The van der Waals surface area contributed by atoms with Gasteiger partial charge in [-0.2, -0.15) is 0 Å². The van der Waals surface area contributed by atoms with Crippen LogP contribution in [0.3, 0.4) is 0 Å². The van der Waals surface area contributed by atoms with Gasteiger partial charge in [-0.15, -0.1) is 0 Å². The molecule has 0 aromatic heterocycles. The molecular weight excluding hydrogens is 319 g/mol. The molecule has 2 rings (SSSR count). The molecule has 0 saturated heterocycles. The number of hydrogen-bond acceptors (Lipinski definition) is 4. The Hall–Kier alpha value is -2.15. The van der Waals surface area contributed by atoms with Gasteiger partial charge in [-0.25, -0.2) is 4.39 Å². The molecule has 0 spiro atoms. The summed E-state index contributed by atoms with van der Waals surface area (Å²) in [6.07, 6.45) is 0. The maximum Gasteiger partial charge on any atom is 0.271 e. The van der Waals surface area contributed by atoms with Crippen molar-refractivity contribution < 1.29 is 14.1 Å². The van der Waals surface area contributed by atoms with E-state index in [9.17, 15) is 14.5 Å². The third kappa shape index (κ3) is 3.00. The Balaban J connectivity index is 2.31. The summed E-state index contributed by atoms with van der Waals surface area (Å²) >= 11 is 3.13. The van der Waals surface area contributed by atoms with Crippen LogP contribution >= 0.6 is 15.9 Å². The molecule has 98 valence electrons. The van der Waals surface area contributed by atoms with E-state index in [1.807, 2.05) is 0 Å². The Kier molecular flexibility index (Phi) is 3.66. The number of nitrogens with zero attached hydrogens (tertiary/aromatic N) is 1. The van der Waals surface area contributed by atoms with Crippen LogP contribution in [0, 0.1) is 15.9 Å². The summed E-state index contributed by atoms with van der Waals surface area (Å²) in [4.78, 5) is 9.99. The second kappa shape index (κ2) is 5.23. The van der Waals surface area contributed by atoms with Gasteiger partial charge in [0.25, 0.3) is 5.69 Å². The van der Waals surface area contributed by atoms with Crippen molar-refractivity contribution >= 4 is 27.3 Å². The zero-order valence-corrected chi connectivity index (χ0v) is 11.1. The average molecular weight is 327 g/mol. The first-order valence-corrected chi connectivity index (χ1v) is 5.93. The third-order valence-electron chi connectivity index (χ3n) is 2.32. The smallest absolute Gasteiger partial charge is 0.271 e. The van der Waals surface area contributed by atoms with E-state index in [1.54, 1.807) is 6.07 Å². The fourth-order valence-electron chi connectivity index (χ4n) is 1.42. The highest BCUT2D eigenvalue weighted by atomic mass is 79.9. The molecule has 0 amide bonds. The van der Waals surface area contributed by atoms with Crippen molar-refractivity contribution in [3.8, 4) is 11.5 Å². The number of rotatable bonds is 3. The monoisotopic (exact) mass is 326 g/mol. The summed E-state index contributed by atoms with van der Waals surface area (Å²) in [6.45, 7) is 0. The van der Waals surface area contributed by atoms with E-state index in [-0.39, 0.29) is 22.9 Å². The van der Waals surface area contributed by atoms with Gasteiger partial charge in [0.15, 0.2) is 17.3 Å². The number of nitrogen functional groups attached to an aromatic ring is 1. The third-order valence-corrected chi connectivity index (χ3v) is 2.81. The van der Waals surface area contributed by atoms with Crippen molar-refractivity contribution in [3.63, 3.8) is 0 Å². The van der Waals surface area contributed by atoms with Crippen molar-refractivity contribution in [2.45, 2.75) is 0 Å². The van der Waals surface area contributed by atoms with Crippen LogP contribution in [0.25, 0.3) is 0 Å². The number of anilines is 1. The highest BCUT2D eigenvalue weighted by Gasteiger charge is 2.12. The molecule has 0 atom stereocenters. The van der Waals surface area contributed by atoms with E-state index in [0.29, 0.717) is 4.47 Å². The van der Waals surface area contributed by atoms with Crippen LogP contribution in [0.15, 0.2) is 40.9 Å². The van der Waals surface area contributed by atoms with Gasteiger partial charge in [-0.3, -0.25) is 10.1 Å². The highest BCUT2D eigenvalue weighted by molar-refractivity contribution is 9.10. The molecule has 0 unspecified atom stereocenters. The molecule has 0 fully saturated rings. The number of nitrogens with two attached hydrogens (primary N) is 1. The van der Waals surface area contributed by atoms with Crippen molar-refractivity contribution in [2.75, 3.05) is 5.73 Å². The lowest BCUT2D eigenvalue weighted by atomic mass is 10.2. The number of nitro benzene ring substituents is 1. The van der Waals surface area contributed by atoms with E-state index >= 15 is 0 Å². The summed E-state index contributed by atoms with van der Waals surface area (Å²) in [5, 5.41) is 10.6. The fraction of sp³-hybridized carbons (Fsp3) is 0. The predicted octanol–water partition coefficient (Wildman–Crippen LogP) is 3.87. The first-order chi connectivity index (χ1) is 8.97. The number of halogens is 2. The van der Waals surface area contributed by atoms with E-state index in [0.717, 1.165) is 6.07 Å². The summed E-state index contributed by atoms with van der Waals surface area (Å²) in [6, 6.07) is 8.01. The van der Waals surface area contributed by atoms with Crippen LogP contribution in [0.2, 0.25) is 0 Å². The minimum atomic E-state index is -0.569. The quantitative estimate of drug-likeness (QED) is 0.527. The molecule has 0 bridgehead atoms. The second-order valence-electron chi connectivity index (χ2n) is 3.66. The summed E-state index contributed by atoms with van der Waals surface area (Å²) in [7, 11) is 0. The maximum atomic E-state index is 13.6. The molecule has 0 aliphatic rings. The first kappa shape index (κ1) is 13.3. The van der Waals surface area contributed by atoms with E-state index in [1.165, 1.54) is 24.3 Å². The Bertz CT molecular complexity index is 649. The molecule has 5 nitrogen and oxygen atoms in total. The molecule has 0 aliphatic carbocycles. The summed E-state index contributed by atoms with van der Waals surface area (Å²) < 4.78 is 19.4. The van der Waals surface area contributed by atoms with Crippen LogP contribution in [0.1, 0.15) is 0 Å². The van der Waals surface area contributed by atoms with E-state index in [2.05, 4.69) is 15.9 Å². The van der Waals surface area contributed by atoms with Gasteiger partial charge >= 0.3 is 0 Å². The zero-order valence-electron chi connectivity index (χ0n) is 9.47. The van der Waals surface area contributed by atoms with Gasteiger partial charge in [-0.05, 0) is 24.3 Å². The normalized spacial score (nSPS) is 10.2. The molecule has 2 aromatic carbocycles. The van der Waals surface area contributed by atoms with Crippen molar-refractivity contribution in [1.29, 1.82) is 0 Å². The van der Waals surface area contributed by atoms with Crippen LogP contribution in [-0.2, 0) is 0 Å². The van der Waals surface area contributed by atoms with Gasteiger partial charge in [-0.1, -0.05) is 15.9 Å². The number of benzene rings is 2. The lowest BCUT2D eigenvalue weighted by molar-refractivity contribution is -0.384. The number of hydrogen-bond donors (Lipinski definition) is 1. The lowest BCUT2D eigenvalue weighted by Crippen LogP contribution is -1.96. The van der Waals surface area contributed by atoms with Crippen LogP contribution < -0.4 is 10.5 Å². The molecule has 2 N–H and O–H groups in total.